The van der Waals surface area contributed by atoms with E-state index in [0.29, 0.717) is 5.69 Å². The van der Waals surface area contributed by atoms with E-state index in [1.54, 1.807) is 29.1 Å². The Balaban J connectivity index is 2.60. The molecule has 0 saturated carbocycles. The lowest BCUT2D eigenvalue weighted by atomic mass is 10.1. The van der Waals surface area contributed by atoms with Gasteiger partial charge in [-0.3, -0.25) is 0 Å². The van der Waals surface area contributed by atoms with Crippen molar-refractivity contribution in [3.63, 3.8) is 0 Å². The van der Waals surface area contributed by atoms with Gasteiger partial charge in [0.2, 0.25) is 0 Å². The van der Waals surface area contributed by atoms with Gasteiger partial charge in [-0.05, 0) is 30.3 Å². The molecule has 0 atom stereocenters. The monoisotopic (exact) mass is 231 g/mol. The Bertz CT molecular complexity index is 540. The van der Waals surface area contributed by atoms with Crippen molar-refractivity contribution in [2.24, 2.45) is 0 Å². The third kappa shape index (κ3) is 2.17. The fraction of sp³-hybridized carbons (Fsp3) is 0. The molecule has 0 aliphatic heterocycles. The zero-order chi connectivity index (χ0) is 12.4. The first kappa shape index (κ1) is 10.9. The number of benzene rings is 1. The van der Waals surface area contributed by atoms with Crippen LogP contribution in [0.15, 0.2) is 42.7 Å². The molecule has 0 spiro atoms. The first-order valence-electron chi connectivity index (χ1n) is 4.83. The maximum Gasteiger partial charge on any atom is 0.335 e. The summed E-state index contributed by atoms with van der Waals surface area (Å²) in [5.74, 6) is -2.30. The molecule has 2 N–H and O–H groups in total. The van der Waals surface area contributed by atoms with Crippen LogP contribution in [-0.4, -0.2) is 26.7 Å². The zero-order valence-electron chi connectivity index (χ0n) is 8.70. The Morgan fingerprint density at radius 3 is 1.76 bits per heavy atom. The van der Waals surface area contributed by atoms with E-state index < -0.39 is 11.9 Å². The number of hydrogen-bond acceptors (Lipinski definition) is 2. The van der Waals surface area contributed by atoms with Gasteiger partial charge in [-0.2, -0.15) is 0 Å². The molecule has 0 radical (unpaired) electrons. The molecule has 0 bridgehead atoms. The van der Waals surface area contributed by atoms with Crippen molar-refractivity contribution in [2.75, 3.05) is 0 Å². The quantitative estimate of drug-likeness (QED) is 0.845. The molecular weight excluding hydrogens is 222 g/mol. The summed E-state index contributed by atoms with van der Waals surface area (Å²) < 4.78 is 1.65. The minimum absolute atomic E-state index is 0.0476. The highest BCUT2D eigenvalue weighted by molar-refractivity contribution is 5.94. The predicted octanol–water partition coefficient (Wildman–Crippen LogP) is 1.87. The van der Waals surface area contributed by atoms with Crippen LogP contribution in [0, 0.1) is 0 Å². The van der Waals surface area contributed by atoms with Crippen LogP contribution in [0.5, 0.6) is 0 Å². The second-order valence-corrected chi connectivity index (χ2v) is 3.47. The topological polar surface area (TPSA) is 79.5 Å². The predicted molar refractivity (Wildman–Crippen MR) is 59.7 cm³/mol. The maximum atomic E-state index is 10.9. The zero-order valence-corrected chi connectivity index (χ0v) is 8.70. The van der Waals surface area contributed by atoms with E-state index >= 15 is 0 Å². The van der Waals surface area contributed by atoms with E-state index in [1.807, 2.05) is 0 Å². The second-order valence-electron chi connectivity index (χ2n) is 3.47. The highest BCUT2D eigenvalue weighted by Gasteiger charge is 2.11. The van der Waals surface area contributed by atoms with Crippen molar-refractivity contribution in [3.8, 4) is 5.69 Å². The van der Waals surface area contributed by atoms with Gasteiger partial charge in [0.05, 0.1) is 11.1 Å². The van der Waals surface area contributed by atoms with Gasteiger partial charge in [0.1, 0.15) is 0 Å². The lowest BCUT2D eigenvalue weighted by Gasteiger charge is -2.06. The van der Waals surface area contributed by atoms with E-state index in [4.69, 9.17) is 10.2 Å². The van der Waals surface area contributed by atoms with Gasteiger partial charge in [0, 0.05) is 18.1 Å². The number of carboxylic acids is 2. The first-order chi connectivity index (χ1) is 8.08. The van der Waals surface area contributed by atoms with E-state index in [0.717, 1.165) is 6.07 Å². The Morgan fingerprint density at radius 1 is 0.882 bits per heavy atom. The average molecular weight is 231 g/mol. The lowest BCUT2D eigenvalue weighted by Crippen LogP contribution is -2.04. The number of nitrogens with zero attached hydrogens (tertiary/aromatic N) is 1. The average Bonchev–Trinajstić information content (AvgIpc) is 2.81. The van der Waals surface area contributed by atoms with Gasteiger partial charge in [-0.1, -0.05) is 0 Å². The summed E-state index contributed by atoms with van der Waals surface area (Å²) in [6, 6.07) is 7.53. The van der Waals surface area contributed by atoms with Gasteiger partial charge >= 0.3 is 11.9 Å². The van der Waals surface area contributed by atoms with Crippen LogP contribution in [-0.2, 0) is 0 Å². The summed E-state index contributed by atoms with van der Waals surface area (Å²) in [6.45, 7) is 0. The van der Waals surface area contributed by atoms with Gasteiger partial charge in [-0.15, -0.1) is 0 Å². The third-order valence-electron chi connectivity index (χ3n) is 2.31. The number of carboxylic acid groups (broad SMARTS) is 2. The SMILES string of the molecule is O=C(O)c1cc(C(=O)O)cc(-n2cccc2)c1. The summed E-state index contributed by atoms with van der Waals surface area (Å²) in [7, 11) is 0. The molecule has 0 aliphatic carbocycles. The number of rotatable bonds is 3. The summed E-state index contributed by atoms with van der Waals surface area (Å²) in [5.41, 5.74) is 0.412. The van der Waals surface area contributed by atoms with Gasteiger partial charge < -0.3 is 14.8 Å². The molecule has 5 nitrogen and oxygen atoms in total. The first-order valence-corrected chi connectivity index (χ1v) is 4.83. The molecule has 0 saturated heterocycles. The summed E-state index contributed by atoms with van der Waals surface area (Å²) >= 11 is 0. The van der Waals surface area contributed by atoms with Crippen LogP contribution in [0.1, 0.15) is 20.7 Å². The van der Waals surface area contributed by atoms with E-state index in [2.05, 4.69) is 0 Å². The standard InChI is InChI=1S/C12H9NO4/c14-11(15)8-5-9(12(16)17)7-10(6-8)13-3-1-2-4-13/h1-7H,(H,14,15)(H,16,17). The van der Waals surface area contributed by atoms with Crippen molar-refractivity contribution >= 4 is 11.9 Å². The molecule has 0 fully saturated rings. The number of carbonyl (C=O) groups is 2. The van der Waals surface area contributed by atoms with Crippen molar-refractivity contribution < 1.29 is 19.8 Å². The summed E-state index contributed by atoms with van der Waals surface area (Å²) in [6.07, 6.45) is 3.43. The molecule has 17 heavy (non-hydrogen) atoms. The van der Waals surface area contributed by atoms with Crippen LogP contribution in [0.25, 0.3) is 5.69 Å². The minimum Gasteiger partial charge on any atom is -0.478 e. The molecule has 2 rings (SSSR count). The number of aromatic carboxylic acids is 2. The Labute approximate surface area is 96.5 Å². The van der Waals surface area contributed by atoms with Crippen LogP contribution in [0.2, 0.25) is 0 Å². The van der Waals surface area contributed by atoms with Crippen molar-refractivity contribution in [2.45, 2.75) is 0 Å². The fourth-order valence-electron chi connectivity index (χ4n) is 1.51. The summed E-state index contributed by atoms with van der Waals surface area (Å²) in [4.78, 5) is 21.8. The maximum absolute atomic E-state index is 10.9. The van der Waals surface area contributed by atoms with Crippen molar-refractivity contribution in [1.29, 1.82) is 0 Å². The van der Waals surface area contributed by atoms with Crippen LogP contribution >= 0.6 is 0 Å². The molecule has 1 aromatic carbocycles. The minimum atomic E-state index is -1.15. The third-order valence-corrected chi connectivity index (χ3v) is 2.31. The normalized spacial score (nSPS) is 10.1. The van der Waals surface area contributed by atoms with Crippen LogP contribution in [0.4, 0.5) is 0 Å². The van der Waals surface area contributed by atoms with Crippen molar-refractivity contribution in [1.82, 2.24) is 4.57 Å². The lowest BCUT2D eigenvalue weighted by molar-refractivity contribution is 0.0696. The second kappa shape index (κ2) is 4.13. The van der Waals surface area contributed by atoms with Crippen LogP contribution in [0.3, 0.4) is 0 Å². The van der Waals surface area contributed by atoms with Gasteiger partial charge in [0.15, 0.2) is 0 Å². The number of hydrogen-bond donors (Lipinski definition) is 2. The smallest absolute Gasteiger partial charge is 0.335 e. The highest BCUT2D eigenvalue weighted by atomic mass is 16.4. The largest absolute Gasteiger partial charge is 0.478 e. The van der Waals surface area contributed by atoms with Gasteiger partial charge in [-0.25, -0.2) is 9.59 Å². The molecule has 5 heteroatoms. The van der Waals surface area contributed by atoms with Crippen LogP contribution < -0.4 is 0 Å². The number of aromatic nitrogens is 1. The molecular formula is C12H9NO4. The highest BCUT2D eigenvalue weighted by Crippen LogP contribution is 2.15. The van der Waals surface area contributed by atoms with E-state index in [-0.39, 0.29) is 11.1 Å². The van der Waals surface area contributed by atoms with Crippen molar-refractivity contribution in [3.05, 3.63) is 53.9 Å². The molecule has 86 valence electrons. The Morgan fingerprint density at radius 2 is 1.35 bits per heavy atom. The molecule has 2 aromatic rings. The fourth-order valence-corrected chi connectivity index (χ4v) is 1.51. The van der Waals surface area contributed by atoms with E-state index in [1.165, 1.54) is 12.1 Å². The Hall–Kier alpha value is -2.56. The molecule has 0 aliphatic rings. The molecule has 1 heterocycles. The van der Waals surface area contributed by atoms with Gasteiger partial charge in [0.25, 0.3) is 0 Å². The molecule has 0 amide bonds. The summed E-state index contributed by atoms with van der Waals surface area (Å²) in [5, 5.41) is 17.8. The molecule has 1 aromatic heterocycles. The Kier molecular flexibility index (Phi) is 2.66. The molecule has 0 unspecified atom stereocenters. The van der Waals surface area contributed by atoms with E-state index in [9.17, 15) is 9.59 Å².